The topological polar surface area (TPSA) is 43.1 Å². The molecule has 17 heavy (non-hydrogen) atoms. The molecule has 0 aromatic heterocycles. The average Bonchev–Trinajstić information content (AvgIpc) is 2.24. The van der Waals surface area contributed by atoms with Gasteiger partial charge >= 0.3 is 6.18 Å². The summed E-state index contributed by atoms with van der Waals surface area (Å²) in [5.41, 5.74) is -1.37. The van der Waals surface area contributed by atoms with Crippen molar-refractivity contribution in [2.45, 2.75) is 19.0 Å². The van der Waals surface area contributed by atoms with Crippen LogP contribution in [0.2, 0.25) is 0 Å². The lowest BCUT2D eigenvalue weighted by Crippen LogP contribution is -2.06. The molecule has 0 heterocycles. The van der Waals surface area contributed by atoms with E-state index in [1.54, 1.807) is 0 Å². The molecule has 0 aliphatic heterocycles. The summed E-state index contributed by atoms with van der Waals surface area (Å²) < 4.78 is 37.1. The number of nitro groups is 1. The normalized spacial score (nSPS) is 10.9. The van der Waals surface area contributed by atoms with E-state index >= 15 is 0 Å². The minimum atomic E-state index is -4.59. The fraction of sp³-hybridized carbons (Fsp3) is 0.273. The molecule has 0 spiro atoms. The van der Waals surface area contributed by atoms with Crippen LogP contribution in [-0.2, 0) is 12.6 Å². The Labute approximate surface area is 95.4 Å². The van der Waals surface area contributed by atoms with Crippen LogP contribution in [0.25, 0.3) is 0 Å². The molecule has 0 N–H and O–H groups in total. The van der Waals surface area contributed by atoms with Gasteiger partial charge in [-0.3, -0.25) is 10.1 Å². The zero-order valence-electron chi connectivity index (χ0n) is 8.62. The molecule has 0 saturated heterocycles. The molecular formula is C11H8F3NO2. The Morgan fingerprint density at radius 2 is 2.06 bits per heavy atom. The Kier molecular flexibility index (Phi) is 3.73. The number of benzene rings is 1. The number of nitro benzene ring substituents is 1. The van der Waals surface area contributed by atoms with Crippen molar-refractivity contribution >= 4 is 5.69 Å². The number of terminal acetylenes is 1. The number of hydrogen-bond donors (Lipinski definition) is 0. The highest BCUT2D eigenvalue weighted by molar-refractivity contribution is 5.44. The van der Waals surface area contributed by atoms with Crippen LogP contribution in [0.5, 0.6) is 0 Å². The van der Waals surface area contributed by atoms with Crippen molar-refractivity contribution in [2.75, 3.05) is 0 Å². The van der Waals surface area contributed by atoms with E-state index in [0.717, 1.165) is 12.1 Å². The maximum atomic E-state index is 12.4. The minimum absolute atomic E-state index is 0.185. The molecular weight excluding hydrogens is 235 g/mol. The highest BCUT2D eigenvalue weighted by Crippen LogP contribution is 2.33. The molecule has 1 rings (SSSR count). The summed E-state index contributed by atoms with van der Waals surface area (Å²) in [5.74, 6) is 2.28. The first-order chi connectivity index (χ1) is 7.86. The van der Waals surface area contributed by atoms with E-state index in [4.69, 9.17) is 6.42 Å². The fourth-order valence-corrected chi connectivity index (χ4v) is 1.33. The molecule has 0 aliphatic carbocycles. The fourth-order valence-electron chi connectivity index (χ4n) is 1.33. The quantitative estimate of drug-likeness (QED) is 0.465. The Morgan fingerprint density at radius 1 is 1.41 bits per heavy atom. The summed E-state index contributed by atoms with van der Waals surface area (Å²) in [6.07, 6.45) is 0.842. The number of rotatable bonds is 3. The lowest BCUT2D eigenvalue weighted by atomic mass is 10.0. The number of alkyl halides is 3. The van der Waals surface area contributed by atoms with Crippen molar-refractivity contribution in [1.29, 1.82) is 0 Å². The van der Waals surface area contributed by atoms with Gasteiger partial charge in [0.2, 0.25) is 0 Å². The number of hydrogen-bond acceptors (Lipinski definition) is 2. The molecule has 0 atom stereocenters. The van der Waals surface area contributed by atoms with Crippen LogP contribution in [0, 0.1) is 22.5 Å². The van der Waals surface area contributed by atoms with Crippen molar-refractivity contribution in [3.63, 3.8) is 0 Å². The first kappa shape index (κ1) is 13.0. The Hall–Kier alpha value is -2.03. The van der Waals surface area contributed by atoms with Gasteiger partial charge in [-0.2, -0.15) is 13.2 Å². The molecule has 0 aliphatic rings. The maximum absolute atomic E-state index is 12.4. The lowest BCUT2D eigenvalue weighted by molar-refractivity contribution is -0.385. The summed E-state index contributed by atoms with van der Waals surface area (Å²) in [6, 6.07) is 2.45. The van der Waals surface area contributed by atoms with Crippen molar-refractivity contribution in [3.8, 4) is 12.3 Å². The van der Waals surface area contributed by atoms with E-state index in [1.165, 1.54) is 0 Å². The highest BCUT2D eigenvalue weighted by Gasteiger charge is 2.32. The standard InChI is InChI=1S/C11H8F3NO2/c1-2-3-4-8-5-6-9(11(12,13)14)7-10(8)15(16)17/h1,5-7H,3-4H2. The average molecular weight is 243 g/mol. The first-order valence-corrected chi connectivity index (χ1v) is 4.64. The highest BCUT2D eigenvalue weighted by atomic mass is 19.4. The third kappa shape index (κ3) is 3.21. The van der Waals surface area contributed by atoms with Gasteiger partial charge in [0.15, 0.2) is 0 Å². The second-order valence-electron chi connectivity index (χ2n) is 3.30. The second kappa shape index (κ2) is 4.87. The smallest absolute Gasteiger partial charge is 0.258 e. The van der Waals surface area contributed by atoms with E-state index in [0.29, 0.717) is 6.07 Å². The van der Waals surface area contributed by atoms with Crippen LogP contribution < -0.4 is 0 Å². The summed E-state index contributed by atoms with van der Waals surface area (Å²) in [7, 11) is 0. The first-order valence-electron chi connectivity index (χ1n) is 4.64. The van der Waals surface area contributed by atoms with Crippen molar-refractivity contribution in [3.05, 3.63) is 39.4 Å². The van der Waals surface area contributed by atoms with Gasteiger partial charge in [-0.05, 0) is 12.5 Å². The van der Waals surface area contributed by atoms with E-state index in [1.807, 2.05) is 0 Å². The van der Waals surface area contributed by atoms with Gasteiger partial charge in [0.25, 0.3) is 5.69 Å². The van der Waals surface area contributed by atoms with Gasteiger partial charge in [-0.1, -0.05) is 6.07 Å². The zero-order chi connectivity index (χ0) is 13.1. The van der Waals surface area contributed by atoms with Crippen molar-refractivity contribution < 1.29 is 18.1 Å². The summed E-state index contributed by atoms with van der Waals surface area (Å²) >= 11 is 0. The van der Waals surface area contributed by atoms with E-state index in [2.05, 4.69) is 5.92 Å². The molecule has 1 aromatic carbocycles. The molecule has 3 nitrogen and oxygen atoms in total. The second-order valence-corrected chi connectivity index (χ2v) is 3.30. The molecule has 0 fully saturated rings. The minimum Gasteiger partial charge on any atom is -0.258 e. The van der Waals surface area contributed by atoms with Crippen LogP contribution in [0.15, 0.2) is 18.2 Å². The molecule has 90 valence electrons. The van der Waals surface area contributed by atoms with Crippen LogP contribution >= 0.6 is 0 Å². The third-order valence-electron chi connectivity index (χ3n) is 2.15. The number of halogens is 3. The predicted octanol–water partition coefficient (Wildman–Crippen LogP) is 3.18. The van der Waals surface area contributed by atoms with Crippen LogP contribution in [0.3, 0.4) is 0 Å². The molecule has 6 heteroatoms. The number of nitrogens with zero attached hydrogens (tertiary/aromatic N) is 1. The Balaban J connectivity index is 3.18. The zero-order valence-corrected chi connectivity index (χ0v) is 8.62. The van der Waals surface area contributed by atoms with Crippen LogP contribution in [-0.4, -0.2) is 4.92 Å². The molecule has 0 bridgehead atoms. The summed E-state index contributed by atoms with van der Waals surface area (Å²) in [5, 5.41) is 10.7. The maximum Gasteiger partial charge on any atom is 0.416 e. The van der Waals surface area contributed by atoms with Gasteiger partial charge < -0.3 is 0 Å². The van der Waals surface area contributed by atoms with Gasteiger partial charge in [0, 0.05) is 18.1 Å². The van der Waals surface area contributed by atoms with E-state index < -0.39 is 22.4 Å². The molecule has 1 aromatic rings. The van der Waals surface area contributed by atoms with Gasteiger partial charge in [-0.15, -0.1) is 12.3 Å². The van der Waals surface area contributed by atoms with Crippen LogP contribution in [0.1, 0.15) is 17.5 Å². The van der Waals surface area contributed by atoms with Gasteiger partial charge in [0.05, 0.1) is 10.5 Å². The number of aryl methyl sites for hydroxylation is 1. The van der Waals surface area contributed by atoms with E-state index in [-0.39, 0.29) is 18.4 Å². The Bertz CT molecular complexity index is 475. The SMILES string of the molecule is C#CCCc1ccc(C(F)(F)F)cc1[N+](=O)[O-]. The molecule has 0 unspecified atom stereocenters. The predicted molar refractivity (Wildman–Crippen MR) is 55.3 cm³/mol. The molecule has 0 saturated carbocycles. The Morgan fingerprint density at radius 3 is 2.53 bits per heavy atom. The monoisotopic (exact) mass is 243 g/mol. The van der Waals surface area contributed by atoms with Crippen molar-refractivity contribution in [2.24, 2.45) is 0 Å². The molecule has 0 radical (unpaired) electrons. The molecule has 0 amide bonds. The largest absolute Gasteiger partial charge is 0.416 e. The summed E-state index contributed by atoms with van der Waals surface area (Å²) in [4.78, 5) is 9.82. The van der Waals surface area contributed by atoms with Crippen molar-refractivity contribution in [1.82, 2.24) is 0 Å². The van der Waals surface area contributed by atoms with Crippen LogP contribution in [0.4, 0.5) is 18.9 Å². The lowest BCUT2D eigenvalue weighted by Gasteiger charge is -2.08. The third-order valence-corrected chi connectivity index (χ3v) is 2.15. The van der Waals surface area contributed by atoms with Gasteiger partial charge in [0.1, 0.15) is 0 Å². The van der Waals surface area contributed by atoms with E-state index in [9.17, 15) is 23.3 Å². The van der Waals surface area contributed by atoms with Gasteiger partial charge in [-0.25, -0.2) is 0 Å². The summed E-state index contributed by atoms with van der Waals surface area (Å²) in [6.45, 7) is 0.